The Balaban J connectivity index is 2.85. The van der Waals surface area contributed by atoms with E-state index < -0.39 is 6.10 Å². The van der Waals surface area contributed by atoms with Gasteiger partial charge >= 0.3 is 0 Å². The molecule has 0 radical (unpaired) electrons. The van der Waals surface area contributed by atoms with Gasteiger partial charge in [-0.3, -0.25) is 0 Å². The molecular weight excluding hydrogens is 248 g/mol. The first-order valence-electron chi connectivity index (χ1n) is 4.19. The number of aliphatic hydroxyl groups excluding tert-OH is 1. The summed E-state index contributed by atoms with van der Waals surface area (Å²) in [6, 6.07) is 5.44. The van der Waals surface area contributed by atoms with E-state index in [9.17, 15) is 5.11 Å². The van der Waals surface area contributed by atoms with Crippen molar-refractivity contribution in [1.29, 1.82) is 0 Å². The lowest BCUT2D eigenvalue weighted by molar-refractivity contribution is 0.0643. The normalized spacial score (nSPS) is 12.6. The third-order valence-electron chi connectivity index (χ3n) is 1.89. The summed E-state index contributed by atoms with van der Waals surface area (Å²) in [4.78, 5) is 0. The predicted octanol–water partition coefficient (Wildman–Crippen LogP) is 2.14. The summed E-state index contributed by atoms with van der Waals surface area (Å²) in [5.74, 6) is 0.748. The Morgan fingerprint density at radius 1 is 1.43 bits per heavy atom. The van der Waals surface area contributed by atoms with E-state index in [-0.39, 0.29) is 0 Å². The molecule has 0 aliphatic carbocycles. The maximum atomic E-state index is 9.62. The van der Waals surface area contributed by atoms with Gasteiger partial charge in [0.25, 0.3) is 0 Å². The summed E-state index contributed by atoms with van der Waals surface area (Å²) in [5.41, 5.74) is 0.805. The maximum Gasteiger partial charge on any atom is 0.133 e. The molecule has 4 heteroatoms. The fraction of sp³-hybridized carbons (Fsp3) is 0.400. The Labute approximate surface area is 91.8 Å². The molecule has 14 heavy (non-hydrogen) atoms. The van der Waals surface area contributed by atoms with Gasteiger partial charge in [-0.05, 0) is 33.6 Å². The van der Waals surface area contributed by atoms with Crippen molar-refractivity contribution >= 4 is 15.9 Å². The van der Waals surface area contributed by atoms with Crippen molar-refractivity contribution in [2.45, 2.75) is 6.10 Å². The summed E-state index contributed by atoms with van der Waals surface area (Å²) in [6.07, 6.45) is -0.595. The summed E-state index contributed by atoms with van der Waals surface area (Å²) in [6.45, 7) is 0.290. The first-order valence-corrected chi connectivity index (χ1v) is 4.98. The highest BCUT2D eigenvalue weighted by molar-refractivity contribution is 9.10. The predicted molar refractivity (Wildman–Crippen MR) is 57.5 cm³/mol. The number of hydrogen-bond acceptors (Lipinski definition) is 3. The van der Waals surface area contributed by atoms with E-state index in [0.717, 1.165) is 15.8 Å². The van der Waals surface area contributed by atoms with Gasteiger partial charge in [0.15, 0.2) is 0 Å². The van der Waals surface area contributed by atoms with E-state index in [1.807, 2.05) is 12.1 Å². The molecule has 3 nitrogen and oxygen atoms in total. The molecule has 78 valence electrons. The van der Waals surface area contributed by atoms with Crippen LogP contribution in [0.5, 0.6) is 5.75 Å². The minimum atomic E-state index is -0.595. The van der Waals surface area contributed by atoms with Crippen molar-refractivity contribution in [3.05, 3.63) is 28.2 Å². The van der Waals surface area contributed by atoms with Gasteiger partial charge in [-0.1, -0.05) is 6.07 Å². The number of methoxy groups -OCH3 is 2. The second-order valence-electron chi connectivity index (χ2n) is 2.87. The Morgan fingerprint density at radius 3 is 2.64 bits per heavy atom. The first kappa shape index (κ1) is 11.5. The summed E-state index contributed by atoms with van der Waals surface area (Å²) in [5, 5.41) is 9.62. The minimum Gasteiger partial charge on any atom is -0.496 e. The van der Waals surface area contributed by atoms with E-state index in [0.29, 0.717) is 6.61 Å². The Hall–Kier alpha value is -0.580. The molecule has 0 amide bonds. The van der Waals surface area contributed by atoms with Gasteiger partial charge in [-0.15, -0.1) is 0 Å². The standard InChI is InChI=1S/C10H13BrO3/c1-13-6-9(12)7-3-4-10(14-2)8(11)5-7/h3-5,9,12H,6H2,1-2H3. The summed E-state index contributed by atoms with van der Waals surface area (Å²) in [7, 11) is 3.16. The van der Waals surface area contributed by atoms with Crippen LogP contribution in [0.4, 0.5) is 0 Å². The Kier molecular flexibility index (Phi) is 4.38. The van der Waals surface area contributed by atoms with Crippen LogP contribution in [-0.2, 0) is 4.74 Å². The van der Waals surface area contributed by atoms with Gasteiger partial charge in [-0.25, -0.2) is 0 Å². The fourth-order valence-corrected chi connectivity index (χ4v) is 1.70. The molecule has 1 aromatic carbocycles. The van der Waals surface area contributed by atoms with Crippen molar-refractivity contribution in [2.75, 3.05) is 20.8 Å². The highest BCUT2D eigenvalue weighted by atomic mass is 79.9. The van der Waals surface area contributed by atoms with Crippen LogP contribution < -0.4 is 4.74 Å². The number of hydrogen-bond donors (Lipinski definition) is 1. The minimum absolute atomic E-state index is 0.290. The van der Waals surface area contributed by atoms with Crippen LogP contribution in [-0.4, -0.2) is 25.9 Å². The zero-order valence-corrected chi connectivity index (χ0v) is 9.74. The van der Waals surface area contributed by atoms with Gasteiger partial charge in [-0.2, -0.15) is 0 Å². The summed E-state index contributed by atoms with van der Waals surface area (Å²) < 4.78 is 10.8. The first-order chi connectivity index (χ1) is 6.69. The number of ether oxygens (including phenoxy) is 2. The maximum absolute atomic E-state index is 9.62. The van der Waals surface area contributed by atoms with E-state index in [4.69, 9.17) is 9.47 Å². The van der Waals surface area contributed by atoms with Crippen LogP contribution in [0.25, 0.3) is 0 Å². The molecule has 1 rings (SSSR count). The van der Waals surface area contributed by atoms with Crippen molar-refractivity contribution in [3.8, 4) is 5.75 Å². The number of benzene rings is 1. The summed E-state index contributed by atoms with van der Waals surface area (Å²) >= 11 is 3.35. The SMILES string of the molecule is COCC(O)c1ccc(OC)c(Br)c1. The number of rotatable bonds is 4. The lowest BCUT2D eigenvalue weighted by Gasteiger charge is -2.11. The van der Waals surface area contributed by atoms with E-state index in [2.05, 4.69) is 15.9 Å². The van der Waals surface area contributed by atoms with Crippen LogP contribution in [0.1, 0.15) is 11.7 Å². The molecule has 1 atom stereocenters. The van der Waals surface area contributed by atoms with Crippen molar-refractivity contribution in [1.82, 2.24) is 0 Å². The molecule has 1 unspecified atom stereocenters. The van der Waals surface area contributed by atoms with Gasteiger partial charge in [0.2, 0.25) is 0 Å². The third kappa shape index (κ3) is 2.70. The molecule has 0 heterocycles. The van der Waals surface area contributed by atoms with Crippen LogP contribution in [0.15, 0.2) is 22.7 Å². The van der Waals surface area contributed by atoms with Crippen molar-refractivity contribution < 1.29 is 14.6 Å². The average Bonchev–Trinajstić information content (AvgIpc) is 2.18. The van der Waals surface area contributed by atoms with Crippen molar-refractivity contribution in [3.63, 3.8) is 0 Å². The van der Waals surface area contributed by atoms with Crippen LogP contribution >= 0.6 is 15.9 Å². The quantitative estimate of drug-likeness (QED) is 0.902. The van der Waals surface area contributed by atoms with E-state index in [1.165, 1.54) is 0 Å². The molecule has 1 aromatic rings. The number of aliphatic hydroxyl groups is 1. The lowest BCUT2D eigenvalue weighted by atomic mass is 10.1. The molecule has 1 N–H and O–H groups in total. The highest BCUT2D eigenvalue weighted by Gasteiger charge is 2.09. The smallest absolute Gasteiger partial charge is 0.133 e. The van der Waals surface area contributed by atoms with Gasteiger partial charge in [0, 0.05) is 7.11 Å². The van der Waals surface area contributed by atoms with Crippen LogP contribution in [0, 0.1) is 0 Å². The van der Waals surface area contributed by atoms with Crippen LogP contribution in [0.2, 0.25) is 0 Å². The van der Waals surface area contributed by atoms with E-state index in [1.54, 1.807) is 20.3 Å². The molecule has 0 saturated heterocycles. The van der Waals surface area contributed by atoms with E-state index >= 15 is 0 Å². The third-order valence-corrected chi connectivity index (χ3v) is 2.50. The molecular formula is C10H13BrO3. The van der Waals surface area contributed by atoms with Gasteiger partial charge < -0.3 is 14.6 Å². The zero-order chi connectivity index (χ0) is 10.6. The second kappa shape index (κ2) is 5.34. The van der Waals surface area contributed by atoms with Gasteiger partial charge in [0.1, 0.15) is 11.9 Å². The average molecular weight is 261 g/mol. The van der Waals surface area contributed by atoms with Crippen molar-refractivity contribution in [2.24, 2.45) is 0 Å². The molecule has 0 spiro atoms. The monoisotopic (exact) mass is 260 g/mol. The molecule has 0 aliphatic rings. The molecule has 0 aromatic heterocycles. The largest absolute Gasteiger partial charge is 0.496 e. The zero-order valence-electron chi connectivity index (χ0n) is 8.16. The molecule has 0 saturated carbocycles. The Morgan fingerprint density at radius 2 is 2.14 bits per heavy atom. The second-order valence-corrected chi connectivity index (χ2v) is 3.72. The molecule has 0 bridgehead atoms. The van der Waals surface area contributed by atoms with Gasteiger partial charge in [0.05, 0.1) is 18.2 Å². The topological polar surface area (TPSA) is 38.7 Å². The Bertz CT molecular complexity index is 301. The fourth-order valence-electron chi connectivity index (χ4n) is 1.14. The number of halogens is 1. The van der Waals surface area contributed by atoms with Crippen LogP contribution in [0.3, 0.4) is 0 Å². The molecule has 0 aliphatic heterocycles. The molecule has 0 fully saturated rings. The highest BCUT2D eigenvalue weighted by Crippen LogP contribution is 2.27. The lowest BCUT2D eigenvalue weighted by Crippen LogP contribution is -2.05.